The van der Waals surface area contributed by atoms with Crippen LogP contribution in [0.4, 0.5) is 0 Å². The van der Waals surface area contributed by atoms with Gasteiger partial charge in [-0.05, 0) is 52.4 Å². The lowest BCUT2D eigenvalue weighted by Crippen LogP contribution is -2.17. The number of ether oxygens (including phenoxy) is 1. The zero-order valence-corrected chi connectivity index (χ0v) is 16.4. The summed E-state index contributed by atoms with van der Waals surface area (Å²) in [4.78, 5) is 4.60. The van der Waals surface area contributed by atoms with Gasteiger partial charge in [0.25, 0.3) is 0 Å². The molecule has 0 aromatic carbocycles. The van der Waals surface area contributed by atoms with Crippen molar-refractivity contribution in [3.63, 3.8) is 0 Å². The number of hydrogen-bond donors (Lipinski definition) is 0. The summed E-state index contributed by atoms with van der Waals surface area (Å²) in [6, 6.07) is 0. The van der Waals surface area contributed by atoms with Crippen LogP contribution in [0, 0.1) is 0 Å². The molecule has 1 aliphatic heterocycles. The molecule has 138 valence electrons. The van der Waals surface area contributed by atoms with E-state index < -0.39 is 0 Å². The molecule has 0 amide bonds. The van der Waals surface area contributed by atoms with Crippen LogP contribution in [0.25, 0.3) is 0 Å². The van der Waals surface area contributed by atoms with Gasteiger partial charge >= 0.3 is 0 Å². The van der Waals surface area contributed by atoms with Crippen molar-refractivity contribution in [2.75, 3.05) is 6.61 Å². The minimum atomic E-state index is 0.00631. The highest BCUT2D eigenvalue weighted by Gasteiger charge is 2.25. The Morgan fingerprint density at radius 2 is 1.50 bits per heavy atom. The molecule has 24 heavy (non-hydrogen) atoms. The Kier molecular flexibility index (Phi) is 11.6. The maximum absolute atomic E-state index is 5.62. The Hall–Kier alpha value is -1.05. The van der Waals surface area contributed by atoms with E-state index in [0.29, 0.717) is 0 Å². The normalized spacial score (nSPS) is 16.9. The fraction of sp³-hybridized carbons (Fsp3) is 0.773. The van der Waals surface area contributed by atoms with Crippen molar-refractivity contribution < 1.29 is 4.74 Å². The second-order valence-electron chi connectivity index (χ2n) is 7.59. The summed E-state index contributed by atoms with van der Waals surface area (Å²) >= 11 is 0. The molecule has 0 radical (unpaired) electrons. The number of unbranched alkanes of at least 4 members (excludes halogenated alkanes) is 8. The summed E-state index contributed by atoms with van der Waals surface area (Å²) in [6.45, 7) is 7.28. The number of nitrogens with zero attached hydrogens (tertiary/aromatic N) is 1. The first-order valence-corrected chi connectivity index (χ1v) is 10.2. The third kappa shape index (κ3) is 11.5. The minimum absolute atomic E-state index is 0.00631. The van der Waals surface area contributed by atoms with Gasteiger partial charge in [0.05, 0.1) is 5.54 Å². The van der Waals surface area contributed by atoms with E-state index in [1.807, 2.05) is 0 Å². The average molecular weight is 334 g/mol. The molecule has 0 bridgehead atoms. The van der Waals surface area contributed by atoms with Gasteiger partial charge in [0, 0.05) is 6.42 Å². The number of hydrogen-bond acceptors (Lipinski definition) is 2. The smallest absolute Gasteiger partial charge is 0.183 e. The third-order valence-corrected chi connectivity index (χ3v) is 4.36. The van der Waals surface area contributed by atoms with Gasteiger partial charge < -0.3 is 4.74 Å². The van der Waals surface area contributed by atoms with Gasteiger partial charge in [-0.15, -0.1) is 0 Å². The molecule has 0 aromatic heterocycles. The van der Waals surface area contributed by atoms with Gasteiger partial charge in [-0.3, -0.25) is 0 Å². The molecule has 0 saturated carbocycles. The first-order chi connectivity index (χ1) is 11.6. The SMILES string of the molecule is CCCCC/C=C/C/C=C/CCCCCCCC1=NC(C)(C)CO1. The van der Waals surface area contributed by atoms with Crippen molar-refractivity contribution in [2.45, 2.75) is 103 Å². The van der Waals surface area contributed by atoms with Crippen LogP contribution in [0.5, 0.6) is 0 Å². The maximum Gasteiger partial charge on any atom is 0.183 e. The highest BCUT2D eigenvalue weighted by atomic mass is 16.5. The van der Waals surface area contributed by atoms with E-state index in [-0.39, 0.29) is 5.54 Å². The summed E-state index contributed by atoms with van der Waals surface area (Å²) in [6.07, 6.45) is 24.4. The van der Waals surface area contributed by atoms with Crippen molar-refractivity contribution in [3.8, 4) is 0 Å². The van der Waals surface area contributed by atoms with Crippen molar-refractivity contribution in [2.24, 2.45) is 4.99 Å². The summed E-state index contributed by atoms with van der Waals surface area (Å²) in [7, 11) is 0. The first-order valence-electron chi connectivity index (χ1n) is 10.2. The molecule has 0 unspecified atom stereocenters. The van der Waals surface area contributed by atoms with Crippen LogP contribution in [-0.2, 0) is 4.74 Å². The van der Waals surface area contributed by atoms with Crippen LogP contribution in [0.3, 0.4) is 0 Å². The Balaban J connectivity index is 1.84. The average Bonchev–Trinajstić information content (AvgIpc) is 2.90. The molecule has 0 spiro atoms. The van der Waals surface area contributed by atoms with Crippen molar-refractivity contribution >= 4 is 5.90 Å². The van der Waals surface area contributed by atoms with E-state index in [0.717, 1.165) is 25.3 Å². The number of aliphatic imine (C=N–C) groups is 1. The molecule has 2 heteroatoms. The molecule has 2 nitrogen and oxygen atoms in total. The third-order valence-electron chi connectivity index (χ3n) is 4.36. The van der Waals surface area contributed by atoms with Crippen molar-refractivity contribution in [3.05, 3.63) is 24.3 Å². The molecule has 1 aliphatic rings. The topological polar surface area (TPSA) is 21.6 Å². The zero-order valence-electron chi connectivity index (χ0n) is 16.4. The molecule has 0 saturated heterocycles. The van der Waals surface area contributed by atoms with E-state index in [4.69, 9.17) is 4.74 Å². The molecule has 0 aromatic rings. The molecule has 0 N–H and O–H groups in total. The minimum Gasteiger partial charge on any atom is -0.478 e. The first kappa shape index (κ1) is 21.0. The van der Waals surface area contributed by atoms with Crippen LogP contribution in [0.2, 0.25) is 0 Å². The van der Waals surface area contributed by atoms with Crippen LogP contribution in [0.1, 0.15) is 97.8 Å². The van der Waals surface area contributed by atoms with E-state index in [9.17, 15) is 0 Å². The van der Waals surface area contributed by atoms with Crippen molar-refractivity contribution in [1.82, 2.24) is 0 Å². The van der Waals surface area contributed by atoms with Crippen LogP contribution in [0.15, 0.2) is 29.3 Å². The summed E-state index contributed by atoms with van der Waals surface area (Å²) in [5.74, 6) is 0.977. The predicted molar refractivity (Wildman–Crippen MR) is 107 cm³/mol. The zero-order chi connectivity index (χ0) is 17.5. The lowest BCUT2D eigenvalue weighted by atomic mass is 10.1. The molecule has 1 heterocycles. The van der Waals surface area contributed by atoms with E-state index in [1.54, 1.807) is 0 Å². The second-order valence-corrected chi connectivity index (χ2v) is 7.59. The van der Waals surface area contributed by atoms with Gasteiger partial charge in [0.15, 0.2) is 5.90 Å². The van der Waals surface area contributed by atoms with Gasteiger partial charge in [-0.25, -0.2) is 4.99 Å². The van der Waals surface area contributed by atoms with Crippen LogP contribution >= 0.6 is 0 Å². The second kappa shape index (κ2) is 13.3. The molecule has 0 fully saturated rings. The fourth-order valence-electron chi connectivity index (χ4n) is 2.88. The Labute approximate surface area is 150 Å². The van der Waals surface area contributed by atoms with Gasteiger partial charge in [-0.1, -0.05) is 63.3 Å². The molecule has 0 aliphatic carbocycles. The molecule has 0 atom stereocenters. The monoisotopic (exact) mass is 333 g/mol. The highest BCUT2D eigenvalue weighted by molar-refractivity contribution is 5.78. The number of allylic oxidation sites excluding steroid dienone is 4. The molecule has 1 rings (SSSR count). The lowest BCUT2D eigenvalue weighted by Gasteiger charge is -2.07. The summed E-state index contributed by atoms with van der Waals surface area (Å²) < 4.78 is 5.62. The van der Waals surface area contributed by atoms with E-state index in [2.05, 4.69) is 50.1 Å². The fourth-order valence-corrected chi connectivity index (χ4v) is 2.88. The van der Waals surface area contributed by atoms with E-state index in [1.165, 1.54) is 64.2 Å². The standard InChI is InChI=1S/C22H39NO/c1-4-5-6-7-8-9-10-11-12-13-14-15-16-17-18-19-21-23-22(2,3)20-24-21/h8-9,11-12H,4-7,10,13-20H2,1-3H3/b9-8+,12-11+. The van der Waals surface area contributed by atoms with Gasteiger partial charge in [0.1, 0.15) is 6.61 Å². The predicted octanol–water partition coefficient (Wildman–Crippen LogP) is 7.01. The Bertz CT molecular complexity index is 393. The lowest BCUT2D eigenvalue weighted by molar-refractivity contribution is 0.273. The highest BCUT2D eigenvalue weighted by Crippen LogP contribution is 2.19. The summed E-state index contributed by atoms with van der Waals surface area (Å²) in [5.41, 5.74) is 0.00631. The van der Waals surface area contributed by atoms with Crippen molar-refractivity contribution in [1.29, 1.82) is 0 Å². The van der Waals surface area contributed by atoms with Crippen LogP contribution in [-0.4, -0.2) is 18.0 Å². The number of rotatable bonds is 14. The molecular weight excluding hydrogens is 294 g/mol. The quantitative estimate of drug-likeness (QED) is 0.247. The van der Waals surface area contributed by atoms with Gasteiger partial charge in [0.2, 0.25) is 0 Å². The van der Waals surface area contributed by atoms with E-state index >= 15 is 0 Å². The largest absolute Gasteiger partial charge is 0.478 e. The maximum atomic E-state index is 5.62. The Morgan fingerprint density at radius 1 is 0.875 bits per heavy atom. The summed E-state index contributed by atoms with van der Waals surface area (Å²) in [5, 5.41) is 0. The Morgan fingerprint density at radius 3 is 2.12 bits per heavy atom. The van der Waals surface area contributed by atoms with Gasteiger partial charge in [-0.2, -0.15) is 0 Å². The van der Waals surface area contributed by atoms with Crippen LogP contribution < -0.4 is 0 Å². The molecular formula is C22H39NO.